The summed E-state index contributed by atoms with van der Waals surface area (Å²) in [6.07, 6.45) is -2.09. The van der Waals surface area contributed by atoms with Gasteiger partial charge in [0.25, 0.3) is 5.91 Å². The van der Waals surface area contributed by atoms with E-state index in [2.05, 4.69) is 5.32 Å². The van der Waals surface area contributed by atoms with E-state index in [9.17, 15) is 9.59 Å². The Morgan fingerprint density at radius 3 is 2.29 bits per heavy atom. The van der Waals surface area contributed by atoms with Gasteiger partial charge in [-0.25, -0.2) is 4.79 Å². The summed E-state index contributed by atoms with van der Waals surface area (Å²) >= 11 is 0. The van der Waals surface area contributed by atoms with Crippen LogP contribution < -0.4 is 14.8 Å². The molecule has 0 spiro atoms. The zero-order valence-corrected chi connectivity index (χ0v) is 17.3. The second-order valence-electron chi connectivity index (χ2n) is 7.46. The highest BCUT2D eigenvalue weighted by Crippen LogP contribution is 2.32. The quantitative estimate of drug-likeness (QED) is 0.624. The van der Waals surface area contributed by atoms with Gasteiger partial charge in [0.05, 0.1) is 0 Å². The minimum Gasteiger partial charge on any atom is -0.485 e. The first-order valence-electron chi connectivity index (χ1n) is 10.0. The second kappa shape index (κ2) is 8.92. The summed E-state index contributed by atoms with van der Waals surface area (Å²) in [6.45, 7) is 3.92. The van der Waals surface area contributed by atoms with Gasteiger partial charge >= 0.3 is 5.97 Å². The molecule has 1 aliphatic heterocycles. The molecule has 4 rings (SSSR count). The number of para-hydroxylation sites is 2. The van der Waals surface area contributed by atoms with Crippen LogP contribution in [0.5, 0.6) is 11.5 Å². The number of esters is 1. The summed E-state index contributed by atoms with van der Waals surface area (Å²) in [5, 5.41) is 2.86. The largest absolute Gasteiger partial charge is 0.485 e. The molecule has 0 radical (unpaired) electrons. The normalized spacial score (nSPS) is 15.6. The van der Waals surface area contributed by atoms with Crippen molar-refractivity contribution < 1.29 is 23.8 Å². The van der Waals surface area contributed by atoms with Gasteiger partial charge in [-0.15, -0.1) is 0 Å². The number of benzene rings is 3. The Bertz CT molecular complexity index is 1080. The van der Waals surface area contributed by atoms with Gasteiger partial charge in [0.15, 0.2) is 11.5 Å². The maximum atomic E-state index is 13.1. The molecule has 0 saturated heterocycles. The number of hydrogen-bond donors (Lipinski definition) is 1. The Labute approximate surface area is 180 Å². The van der Waals surface area contributed by atoms with Crippen molar-refractivity contribution in [3.8, 4) is 11.5 Å². The van der Waals surface area contributed by atoms with Crippen molar-refractivity contribution in [3.63, 3.8) is 0 Å². The SMILES string of the molecule is Cc1cc(C)cc(NC(=O)[C@H](OC(=O)[C@@H]2COc3ccccc3O2)c2ccccc2)c1. The maximum Gasteiger partial charge on any atom is 0.352 e. The standard InChI is InChI=1S/C25H23NO5/c1-16-12-17(2)14-19(13-16)26-24(27)23(18-8-4-3-5-9-18)31-25(28)22-15-29-20-10-6-7-11-21(20)30-22/h3-14,22-23H,15H2,1-2H3,(H,26,27)/t22-,23+/m0/s1. The van der Waals surface area contributed by atoms with Crippen molar-refractivity contribution in [2.24, 2.45) is 0 Å². The van der Waals surface area contributed by atoms with Crippen LogP contribution in [0, 0.1) is 13.8 Å². The average Bonchev–Trinajstić information content (AvgIpc) is 2.76. The number of rotatable bonds is 5. The second-order valence-corrected chi connectivity index (χ2v) is 7.46. The van der Waals surface area contributed by atoms with Gasteiger partial charge in [-0.3, -0.25) is 4.79 Å². The Morgan fingerprint density at radius 2 is 1.58 bits per heavy atom. The summed E-state index contributed by atoms with van der Waals surface area (Å²) in [4.78, 5) is 25.9. The maximum absolute atomic E-state index is 13.1. The Kier molecular flexibility index (Phi) is 5.89. The molecule has 1 N–H and O–H groups in total. The molecule has 1 aliphatic rings. The van der Waals surface area contributed by atoms with Crippen LogP contribution in [0.15, 0.2) is 72.8 Å². The molecule has 0 aromatic heterocycles. The van der Waals surface area contributed by atoms with Crippen LogP contribution >= 0.6 is 0 Å². The molecule has 31 heavy (non-hydrogen) atoms. The first-order chi connectivity index (χ1) is 15.0. The van der Waals surface area contributed by atoms with Crippen LogP contribution in [0.2, 0.25) is 0 Å². The molecule has 0 saturated carbocycles. The van der Waals surface area contributed by atoms with Crippen molar-refractivity contribution >= 4 is 17.6 Å². The number of aryl methyl sites for hydroxylation is 2. The van der Waals surface area contributed by atoms with E-state index in [4.69, 9.17) is 14.2 Å². The zero-order valence-electron chi connectivity index (χ0n) is 17.3. The third-order valence-corrected chi connectivity index (χ3v) is 4.84. The van der Waals surface area contributed by atoms with Crippen molar-refractivity contribution in [1.29, 1.82) is 0 Å². The number of carbonyl (C=O) groups is 2. The van der Waals surface area contributed by atoms with Gasteiger partial charge in [0.2, 0.25) is 12.2 Å². The first kappa shape index (κ1) is 20.5. The molecule has 6 heteroatoms. The van der Waals surface area contributed by atoms with E-state index in [1.54, 1.807) is 42.5 Å². The lowest BCUT2D eigenvalue weighted by Gasteiger charge is -2.26. The number of ether oxygens (including phenoxy) is 3. The molecule has 0 bridgehead atoms. The molecule has 0 unspecified atom stereocenters. The highest BCUT2D eigenvalue weighted by Gasteiger charge is 2.33. The Hall–Kier alpha value is -3.80. The van der Waals surface area contributed by atoms with Gasteiger partial charge in [-0.05, 0) is 49.2 Å². The van der Waals surface area contributed by atoms with E-state index >= 15 is 0 Å². The van der Waals surface area contributed by atoms with E-state index in [1.165, 1.54) is 0 Å². The number of anilines is 1. The average molecular weight is 417 g/mol. The minimum atomic E-state index is -1.13. The van der Waals surface area contributed by atoms with Crippen LogP contribution in [-0.2, 0) is 14.3 Å². The van der Waals surface area contributed by atoms with Crippen molar-refractivity contribution in [1.82, 2.24) is 0 Å². The molecule has 3 aromatic carbocycles. The molecule has 1 amide bonds. The van der Waals surface area contributed by atoms with E-state index in [-0.39, 0.29) is 6.61 Å². The number of carbonyl (C=O) groups excluding carboxylic acids is 2. The first-order valence-corrected chi connectivity index (χ1v) is 10.0. The lowest BCUT2D eigenvalue weighted by atomic mass is 10.1. The Balaban J connectivity index is 1.53. The van der Waals surface area contributed by atoms with Gasteiger partial charge in [-0.1, -0.05) is 48.5 Å². The molecular formula is C25H23NO5. The van der Waals surface area contributed by atoms with Crippen LogP contribution in [0.25, 0.3) is 0 Å². The number of hydrogen-bond acceptors (Lipinski definition) is 5. The predicted molar refractivity (Wildman–Crippen MR) is 116 cm³/mol. The number of nitrogens with one attached hydrogen (secondary N) is 1. The molecular weight excluding hydrogens is 394 g/mol. The van der Waals surface area contributed by atoms with Crippen molar-refractivity contribution in [2.45, 2.75) is 26.1 Å². The van der Waals surface area contributed by atoms with E-state index in [0.717, 1.165) is 11.1 Å². The fourth-order valence-corrected chi connectivity index (χ4v) is 3.48. The molecule has 158 valence electrons. The fraction of sp³-hybridized carbons (Fsp3) is 0.200. The highest BCUT2D eigenvalue weighted by atomic mass is 16.6. The Morgan fingerprint density at radius 1 is 0.935 bits per heavy atom. The van der Waals surface area contributed by atoms with Crippen molar-refractivity contribution in [2.75, 3.05) is 11.9 Å². The lowest BCUT2D eigenvalue weighted by Crippen LogP contribution is -2.39. The molecule has 2 atom stereocenters. The van der Waals surface area contributed by atoms with Crippen LogP contribution in [0.1, 0.15) is 22.8 Å². The summed E-state index contributed by atoms with van der Waals surface area (Å²) in [6, 6.07) is 21.7. The van der Waals surface area contributed by atoms with Gasteiger partial charge in [-0.2, -0.15) is 0 Å². The summed E-state index contributed by atoms with van der Waals surface area (Å²) < 4.78 is 17.0. The minimum absolute atomic E-state index is 0.00997. The van der Waals surface area contributed by atoms with Gasteiger partial charge in [0, 0.05) is 11.3 Å². The molecule has 1 heterocycles. The summed E-state index contributed by atoms with van der Waals surface area (Å²) in [5.74, 6) is -0.0778. The molecule has 6 nitrogen and oxygen atoms in total. The van der Waals surface area contributed by atoms with Crippen LogP contribution in [-0.4, -0.2) is 24.6 Å². The zero-order chi connectivity index (χ0) is 21.8. The molecule has 0 fully saturated rings. The number of amides is 1. The molecule has 3 aromatic rings. The van der Waals surface area contributed by atoms with Crippen LogP contribution in [0.4, 0.5) is 5.69 Å². The topological polar surface area (TPSA) is 73.9 Å². The van der Waals surface area contributed by atoms with E-state index in [1.807, 2.05) is 44.2 Å². The lowest BCUT2D eigenvalue weighted by molar-refractivity contribution is -0.164. The third kappa shape index (κ3) is 4.86. The van der Waals surface area contributed by atoms with E-state index in [0.29, 0.717) is 22.7 Å². The van der Waals surface area contributed by atoms with E-state index < -0.39 is 24.1 Å². The predicted octanol–water partition coefficient (Wildman–Crippen LogP) is 4.37. The van der Waals surface area contributed by atoms with Crippen molar-refractivity contribution in [3.05, 3.63) is 89.5 Å². The third-order valence-electron chi connectivity index (χ3n) is 4.84. The highest BCUT2D eigenvalue weighted by molar-refractivity contribution is 5.96. The van der Waals surface area contributed by atoms with Gasteiger partial charge < -0.3 is 19.5 Å². The molecule has 0 aliphatic carbocycles. The van der Waals surface area contributed by atoms with Gasteiger partial charge in [0.1, 0.15) is 6.61 Å². The summed E-state index contributed by atoms with van der Waals surface area (Å²) in [5.41, 5.74) is 3.26. The monoisotopic (exact) mass is 417 g/mol. The van der Waals surface area contributed by atoms with Crippen LogP contribution in [0.3, 0.4) is 0 Å². The fourth-order valence-electron chi connectivity index (χ4n) is 3.48. The summed E-state index contributed by atoms with van der Waals surface area (Å²) in [7, 11) is 0. The smallest absolute Gasteiger partial charge is 0.352 e. The number of fused-ring (bicyclic) bond motifs is 1.